The Morgan fingerprint density at radius 3 is 2.88 bits per heavy atom. The minimum atomic E-state index is 0.143. The fraction of sp³-hybridized carbons (Fsp3) is 0.333. The summed E-state index contributed by atoms with van der Waals surface area (Å²) >= 11 is 6.20. The fourth-order valence-electron chi connectivity index (χ4n) is 3.41. The van der Waals surface area contributed by atoms with Crippen LogP contribution in [0.5, 0.6) is 0 Å². The number of aromatic nitrogens is 2. The molecule has 0 amide bonds. The zero-order valence-electron chi connectivity index (χ0n) is 14.8. The molecule has 2 atom stereocenters. The number of hydrogen-bond acceptors (Lipinski definition) is 4. The first-order valence-electron chi connectivity index (χ1n) is 9.05. The second kappa shape index (κ2) is 7.60. The van der Waals surface area contributed by atoms with Gasteiger partial charge in [0.15, 0.2) is 0 Å². The van der Waals surface area contributed by atoms with Crippen molar-refractivity contribution in [2.24, 2.45) is 0 Å². The summed E-state index contributed by atoms with van der Waals surface area (Å²) in [7, 11) is 1.73. The highest BCUT2D eigenvalue weighted by Gasteiger charge is 2.18. The zero-order valence-corrected chi connectivity index (χ0v) is 15.5. The van der Waals surface area contributed by atoms with Gasteiger partial charge in [-0.05, 0) is 50.0 Å². The van der Waals surface area contributed by atoms with Gasteiger partial charge in [-0.15, -0.1) is 0 Å². The van der Waals surface area contributed by atoms with Gasteiger partial charge in [0.05, 0.1) is 11.6 Å². The summed E-state index contributed by atoms with van der Waals surface area (Å²) in [6, 6.07) is 5.77. The van der Waals surface area contributed by atoms with Gasteiger partial charge >= 0.3 is 0 Å². The molecule has 1 heterocycles. The average molecular weight is 368 g/mol. The molecular formula is C21H22ClN3O. The number of benzene rings is 1. The van der Waals surface area contributed by atoms with Gasteiger partial charge in [0.2, 0.25) is 0 Å². The van der Waals surface area contributed by atoms with E-state index >= 15 is 0 Å². The largest absolute Gasteiger partial charge is 0.377 e. The number of anilines is 1. The highest BCUT2D eigenvalue weighted by atomic mass is 35.5. The summed E-state index contributed by atoms with van der Waals surface area (Å²) in [5.74, 6) is 1.95. The average Bonchev–Trinajstić information content (AvgIpc) is 2.69. The van der Waals surface area contributed by atoms with Crippen LogP contribution in [-0.2, 0) is 4.74 Å². The van der Waals surface area contributed by atoms with Crippen molar-refractivity contribution in [3.63, 3.8) is 0 Å². The molecule has 1 N–H and O–H groups in total. The molecule has 26 heavy (non-hydrogen) atoms. The second-order valence-corrected chi connectivity index (χ2v) is 7.15. The van der Waals surface area contributed by atoms with E-state index in [1.165, 1.54) is 6.42 Å². The van der Waals surface area contributed by atoms with Gasteiger partial charge in [-0.3, -0.25) is 0 Å². The van der Waals surface area contributed by atoms with Crippen LogP contribution in [0.25, 0.3) is 10.9 Å². The monoisotopic (exact) mass is 367 g/mol. The number of hydrogen-bond donors (Lipinski definition) is 1. The van der Waals surface area contributed by atoms with Crippen LogP contribution in [0.2, 0.25) is 5.02 Å². The molecule has 1 aromatic heterocycles. The Morgan fingerprint density at radius 1 is 1.23 bits per heavy atom. The SMILES string of the molecule is COC1C=CC(Nc2nc(C3C=CCCC3)nc3cc(Cl)ccc23)=CC1. The van der Waals surface area contributed by atoms with Crippen molar-refractivity contribution in [1.82, 2.24) is 9.97 Å². The van der Waals surface area contributed by atoms with Crippen LogP contribution in [0.4, 0.5) is 5.82 Å². The predicted molar refractivity (Wildman–Crippen MR) is 107 cm³/mol. The normalized spacial score (nSPS) is 22.5. The molecule has 0 fully saturated rings. The fourth-order valence-corrected chi connectivity index (χ4v) is 3.58. The van der Waals surface area contributed by atoms with Gasteiger partial charge in [-0.25, -0.2) is 9.97 Å². The van der Waals surface area contributed by atoms with Crippen LogP contribution in [-0.4, -0.2) is 23.2 Å². The first-order chi connectivity index (χ1) is 12.7. The van der Waals surface area contributed by atoms with Crippen LogP contribution < -0.4 is 5.32 Å². The van der Waals surface area contributed by atoms with E-state index in [1.54, 1.807) is 7.11 Å². The predicted octanol–water partition coefficient (Wildman–Crippen LogP) is 5.38. The lowest BCUT2D eigenvalue weighted by atomic mass is 9.95. The Bertz CT molecular complexity index is 904. The molecular weight excluding hydrogens is 346 g/mol. The first kappa shape index (κ1) is 17.3. The highest BCUT2D eigenvalue weighted by Crippen LogP contribution is 2.31. The summed E-state index contributed by atoms with van der Waals surface area (Å²) in [5, 5.41) is 5.13. The molecule has 2 unspecified atom stereocenters. The van der Waals surface area contributed by atoms with Crippen LogP contribution in [0.15, 0.2) is 54.3 Å². The quantitative estimate of drug-likeness (QED) is 0.737. The molecule has 1 aromatic carbocycles. The molecule has 2 aliphatic rings. The number of allylic oxidation sites excluding steroid dienone is 3. The van der Waals surface area contributed by atoms with Crippen molar-refractivity contribution in [3.8, 4) is 0 Å². The van der Waals surface area contributed by atoms with Crippen molar-refractivity contribution in [2.75, 3.05) is 12.4 Å². The van der Waals surface area contributed by atoms with Gasteiger partial charge in [0.25, 0.3) is 0 Å². The minimum absolute atomic E-state index is 0.143. The van der Waals surface area contributed by atoms with E-state index in [2.05, 4.69) is 29.6 Å². The van der Waals surface area contributed by atoms with Crippen molar-refractivity contribution in [1.29, 1.82) is 0 Å². The van der Waals surface area contributed by atoms with Gasteiger partial charge in [0.1, 0.15) is 11.6 Å². The lowest BCUT2D eigenvalue weighted by Gasteiger charge is -2.19. The number of nitrogens with one attached hydrogen (secondary N) is 1. The van der Waals surface area contributed by atoms with Crippen molar-refractivity contribution < 1.29 is 4.74 Å². The first-order valence-corrected chi connectivity index (χ1v) is 9.43. The van der Waals surface area contributed by atoms with Crippen molar-refractivity contribution in [2.45, 2.75) is 37.7 Å². The lowest BCUT2D eigenvalue weighted by molar-refractivity contribution is 0.142. The van der Waals surface area contributed by atoms with Gasteiger partial charge in [-0.2, -0.15) is 0 Å². The van der Waals surface area contributed by atoms with Gasteiger partial charge < -0.3 is 10.1 Å². The summed E-state index contributed by atoms with van der Waals surface area (Å²) in [6.45, 7) is 0. The van der Waals surface area contributed by atoms with E-state index in [9.17, 15) is 0 Å². The minimum Gasteiger partial charge on any atom is -0.377 e. The standard InChI is InChI=1S/C21H22ClN3O/c1-26-17-10-8-16(9-11-17)23-21-18-12-7-15(22)13-19(18)24-20(25-21)14-5-3-2-4-6-14/h3,5,7-10,12-14,17H,2,4,6,11H2,1H3,(H,23,24,25). The van der Waals surface area contributed by atoms with Gasteiger partial charge in [0, 0.05) is 29.1 Å². The number of fused-ring (bicyclic) bond motifs is 1. The molecule has 4 rings (SSSR count). The number of rotatable bonds is 4. The molecule has 0 spiro atoms. The third-order valence-corrected chi connectivity index (χ3v) is 5.12. The molecule has 0 aliphatic heterocycles. The van der Waals surface area contributed by atoms with E-state index in [0.29, 0.717) is 5.02 Å². The Labute approximate surface area is 158 Å². The molecule has 2 aromatic rings. The number of ether oxygens (including phenoxy) is 1. The third kappa shape index (κ3) is 3.67. The topological polar surface area (TPSA) is 47.0 Å². The summed E-state index contributed by atoms with van der Waals surface area (Å²) in [4.78, 5) is 9.66. The summed E-state index contributed by atoms with van der Waals surface area (Å²) in [5.41, 5.74) is 1.90. The molecule has 134 valence electrons. The van der Waals surface area contributed by atoms with E-state index < -0.39 is 0 Å². The zero-order chi connectivity index (χ0) is 17.9. The second-order valence-electron chi connectivity index (χ2n) is 6.71. The van der Waals surface area contributed by atoms with Crippen LogP contribution in [0.3, 0.4) is 0 Å². The smallest absolute Gasteiger partial charge is 0.142 e. The molecule has 0 saturated heterocycles. The van der Waals surface area contributed by atoms with Gasteiger partial charge in [-0.1, -0.05) is 35.9 Å². The summed E-state index contributed by atoms with van der Waals surface area (Å²) in [6.07, 6.45) is 15.1. The molecule has 5 heteroatoms. The van der Waals surface area contributed by atoms with E-state index in [4.69, 9.17) is 26.3 Å². The Balaban J connectivity index is 1.72. The van der Waals surface area contributed by atoms with E-state index in [-0.39, 0.29) is 12.0 Å². The number of nitrogens with zero attached hydrogens (tertiary/aromatic N) is 2. The van der Waals surface area contributed by atoms with Crippen LogP contribution in [0.1, 0.15) is 37.4 Å². The highest BCUT2D eigenvalue weighted by molar-refractivity contribution is 6.31. The molecule has 0 saturated carbocycles. The van der Waals surface area contributed by atoms with Crippen molar-refractivity contribution >= 4 is 28.3 Å². The van der Waals surface area contributed by atoms with Crippen LogP contribution in [0, 0.1) is 0 Å². The Morgan fingerprint density at radius 2 is 2.15 bits per heavy atom. The molecule has 2 aliphatic carbocycles. The van der Waals surface area contributed by atoms with Crippen molar-refractivity contribution in [3.05, 3.63) is 65.1 Å². The molecule has 0 bridgehead atoms. The molecule has 4 nitrogen and oxygen atoms in total. The van der Waals surface area contributed by atoms with E-state index in [1.807, 2.05) is 24.3 Å². The Hall–Kier alpha value is -2.17. The number of methoxy groups -OCH3 is 1. The summed E-state index contributed by atoms with van der Waals surface area (Å²) < 4.78 is 5.36. The maximum absolute atomic E-state index is 6.20. The number of halogens is 1. The molecule has 0 radical (unpaired) electrons. The maximum Gasteiger partial charge on any atom is 0.142 e. The maximum atomic E-state index is 6.20. The Kier molecular flexibility index (Phi) is 5.05. The van der Waals surface area contributed by atoms with Crippen LogP contribution >= 0.6 is 11.6 Å². The third-order valence-electron chi connectivity index (χ3n) is 4.89. The van der Waals surface area contributed by atoms with E-state index in [0.717, 1.165) is 47.5 Å². The lowest BCUT2D eigenvalue weighted by Crippen LogP contribution is -2.13.